The molecule has 2 aromatic rings. The summed E-state index contributed by atoms with van der Waals surface area (Å²) in [6.07, 6.45) is 2.35. The average Bonchev–Trinajstić information content (AvgIpc) is 2.55. The molecular weight excluding hydrogens is 301 g/mol. The fourth-order valence-electron chi connectivity index (χ4n) is 2.12. The number of anilines is 1. The molecule has 5 heteroatoms. The Kier molecular flexibility index (Phi) is 5.83. The minimum absolute atomic E-state index is 0.0116. The minimum Gasteiger partial charge on any atom is -0.457 e. The van der Waals surface area contributed by atoms with Crippen molar-refractivity contribution in [3.05, 3.63) is 65.0 Å². The number of ether oxygens (including phenoxy) is 1. The predicted molar refractivity (Wildman–Crippen MR) is 88.5 cm³/mol. The van der Waals surface area contributed by atoms with Crippen molar-refractivity contribution in [3.8, 4) is 0 Å². The van der Waals surface area contributed by atoms with Gasteiger partial charge in [0.2, 0.25) is 0 Å². The van der Waals surface area contributed by atoms with Crippen molar-refractivity contribution in [2.45, 2.75) is 20.0 Å². The second-order valence-corrected chi connectivity index (χ2v) is 5.30. The van der Waals surface area contributed by atoms with Crippen LogP contribution >= 0.6 is 11.9 Å². The summed E-state index contributed by atoms with van der Waals surface area (Å²) in [5.41, 5.74) is 1.81. The second kappa shape index (κ2) is 7.84. The number of hydrogen-bond donors (Lipinski definition) is 1. The molecule has 0 unspecified atom stereocenters. The van der Waals surface area contributed by atoms with E-state index < -0.39 is 11.8 Å². The van der Waals surface area contributed by atoms with Gasteiger partial charge >= 0.3 is 5.97 Å². The number of carbonyl (C=O) groups is 1. The third kappa shape index (κ3) is 3.80. The van der Waals surface area contributed by atoms with Crippen LogP contribution in [-0.2, 0) is 17.8 Å². The number of esters is 1. The lowest BCUT2D eigenvalue weighted by atomic mass is 10.0. The summed E-state index contributed by atoms with van der Waals surface area (Å²) in [6.45, 7) is 2.01. The van der Waals surface area contributed by atoms with Gasteiger partial charge in [0.15, 0.2) is 5.82 Å². The van der Waals surface area contributed by atoms with Crippen LogP contribution in [0.25, 0.3) is 0 Å². The zero-order chi connectivity index (χ0) is 15.9. The highest BCUT2D eigenvalue weighted by molar-refractivity contribution is 7.99. The van der Waals surface area contributed by atoms with Crippen LogP contribution in [0, 0.1) is 5.82 Å². The van der Waals surface area contributed by atoms with Gasteiger partial charge in [-0.15, -0.1) is 0 Å². The first-order valence-electron chi connectivity index (χ1n) is 6.98. The van der Waals surface area contributed by atoms with Crippen LogP contribution in [0.3, 0.4) is 0 Å². The predicted octanol–water partition coefficient (Wildman–Crippen LogP) is 4.44. The summed E-state index contributed by atoms with van der Waals surface area (Å²) in [5, 5.41) is 0. The Labute approximate surface area is 134 Å². The van der Waals surface area contributed by atoms with Crippen LogP contribution < -0.4 is 4.72 Å². The molecular formula is C17H18FNO2S. The maximum Gasteiger partial charge on any atom is 0.341 e. The van der Waals surface area contributed by atoms with Crippen molar-refractivity contribution >= 4 is 23.6 Å². The number of rotatable bonds is 6. The summed E-state index contributed by atoms with van der Waals surface area (Å²) in [6, 6.07) is 12.7. The highest BCUT2D eigenvalue weighted by Crippen LogP contribution is 2.25. The Hall–Kier alpha value is -2.01. The van der Waals surface area contributed by atoms with Crippen molar-refractivity contribution in [2.75, 3.05) is 11.0 Å². The molecule has 0 saturated carbocycles. The molecule has 0 aliphatic rings. The summed E-state index contributed by atoms with van der Waals surface area (Å²) < 4.78 is 22.6. The number of halogens is 1. The molecule has 116 valence electrons. The molecule has 0 spiro atoms. The topological polar surface area (TPSA) is 38.3 Å². The number of carbonyl (C=O) groups excluding carboxylic acids is 1. The Bertz CT molecular complexity index is 647. The number of aryl methyl sites for hydroxylation is 1. The van der Waals surface area contributed by atoms with Crippen LogP contribution in [0.15, 0.2) is 42.5 Å². The van der Waals surface area contributed by atoms with Crippen molar-refractivity contribution in [1.29, 1.82) is 0 Å². The molecule has 0 amide bonds. The largest absolute Gasteiger partial charge is 0.457 e. The molecule has 0 aliphatic heterocycles. The molecule has 0 bridgehead atoms. The van der Waals surface area contributed by atoms with Gasteiger partial charge in [0, 0.05) is 6.26 Å². The van der Waals surface area contributed by atoms with Gasteiger partial charge in [0.1, 0.15) is 12.2 Å². The Morgan fingerprint density at radius 2 is 1.95 bits per heavy atom. The zero-order valence-corrected chi connectivity index (χ0v) is 13.4. The van der Waals surface area contributed by atoms with Crippen LogP contribution in [0.1, 0.15) is 28.4 Å². The van der Waals surface area contributed by atoms with E-state index in [-0.39, 0.29) is 17.9 Å². The fourth-order valence-corrected chi connectivity index (χ4v) is 2.49. The van der Waals surface area contributed by atoms with E-state index in [0.29, 0.717) is 12.0 Å². The highest BCUT2D eigenvalue weighted by atomic mass is 32.2. The van der Waals surface area contributed by atoms with Crippen LogP contribution in [0.5, 0.6) is 0 Å². The molecule has 0 aromatic heterocycles. The summed E-state index contributed by atoms with van der Waals surface area (Å²) in [5.74, 6) is -1.20. The van der Waals surface area contributed by atoms with Crippen molar-refractivity contribution < 1.29 is 13.9 Å². The molecule has 0 aliphatic carbocycles. The molecule has 0 saturated heterocycles. The molecule has 2 aromatic carbocycles. The first-order chi connectivity index (χ1) is 10.7. The van der Waals surface area contributed by atoms with Gasteiger partial charge < -0.3 is 9.46 Å². The highest BCUT2D eigenvalue weighted by Gasteiger charge is 2.20. The zero-order valence-electron chi connectivity index (χ0n) is 12.6. The third-order valence-corrected chi connectivity index (χ3v) is 3.66. The van der Waals surface area contributed by atoms with Crippen LogP contribution in [0.2, 0.25) is 0 Å². The number of nitrogens with one attached hydrogen (secondary N) is 1. The average molecular weight is 319 g/mol. The number of hydrogen-bond acceptors (Lipinski definition) is 4. The van der Waals surface area contributed by atoms with E-state index in [4.69, 9.17) is 4.74 Å². The molecule has 1 N–H and O–H groups in total. The second-order valence-electron chi connectivity index (χ2n) is 4.68. The Morgan fingerprint density at radius 3 is 2.59 bits per heavy atom. The molecule has 0 fully saturated rings. The van der Waals surface area contributed by atoms with Crippen molar-refractivity contribution in [2.24, 2.45) is 0 Å². The van der Waals surface area contributed by atoms with E-state index in [1.165, 1.54) is 11.9 Å². The molecule has 22 heavy (non-hydrogen) atoms. The van der Waals surface area contributed by atoms with Crippen molar-refractivity contribution in [1.82, 2.24) is 0 Å². The first-order valence-corrected chi connectivity index (χ1v) is 8.21. The van der Waals surface area contributed by atoms with E-state index in [0.717, 1.165) is 5.56 Å². The monoisotopic (exact) mass is 319 g/mol. The summed E-state index contributed by atoms with van der Waals surface area (Å²) in [7, 11) is 0. The lowest BCUT2D eigenvalue weighted by Crippen LogP contribution is -2.12. The Morgan fingerprint density at radius 1 is 1.23 bits per heavy atom. The van der Waals surface area contributed by atoms with Gasteiger partial charge in [-0.1, -0.05) is 55.3 Å². The van der Waals surface area contributed by atoms with E-state index in [9.17, 15) is 9.18 Å². The van der Waals surface area contributed by atoms with Crippen molar-refractivity contribution in [3.63, 3.8) is 0 Å². The summed E-state index contributed by atoms with van der Waals surface area (Å²) in [4.78, 5) is 12.3. The SMILES string of the molecule is CCc1ccc(NSC)c(F)c1C(=O)OCc1ccccc1. The Balaban J connectivity index is 2.22. The molecule has 0 radical (unpaired) electrons. The quantitative estimate of drug-likeness (QED) is 0.631. The van der Waals surface area contributed by atoms with Gasteiger partial charge in [-0.25, -0.2) is 9.18 Å². The van der Waals surface area contributed by atoms with E-state index in [1.54, 1.807) is 18.4 Å². The lowest BCUT2D eigenvalue weighted by molar-refractivity contribution is 0.0466. The van der Waals surface area contributed by atoms with E-state index in [1.807, 2.05) is 37.3 Å². The van der Waals surface area contributed by atoms with Gasteiger partial charge in [0.05, 0.1) is 5.69 Å². The molecule has 0 atom stereocenters. The lowest BCUT2D eigenvalue weighted by Gasteiger charge is -2.13. The van der Waals surface area contributed by atoms with Crippen LogP contribution in [-0.4, -0.2) is 12.2 Å². The standard InChI is InChI=1S/C17H18FNO2S/c1-3-13-9-10-14(19-22-2)16(18)15(13)17(20)21-11-12-7-5-4-6-8-12/h4-10,19H,3,11H2,1-2H3. The number of benzene rings is 2. The molecule has 2 rings (SSSR count). The van der Waals surface area contributed by atoms with Gasteiger partial charge in [0.25, 0.3) is 0 Å². The minimum atomic E-state index is -0.636. The maximum atomic E-state index is 14.5. The van der Waals surface area contributed by atoms with E-state index in [2.05, 4.69) is 4.72 Å². The third-order valence-electron chi connectivity index (χ3n) is 3.24. The molecule has 3 nitrogen and oxygen atoms in total. The molecule has 0 heterocycles. The smallest absolute Gasteiger partial charge is 0.341 e. The normalized spacial score (nSPS) is 10.3. The van der Waals surface area contributed by atoms with Gasteiger partial charge in [-0.2, -0.15) is 0 Å². The van der Waals surface area contributed by atoms with Gasteiger partial charge in [-0.3, -0.25) is 0 Å². The summed E-state index contributed by atoms with van der Waals surface area (Å²) >= 11 is 1.27. The van der Waals surface area contributed by atoms with Crippen LogP contribution in [0.4, 0.5) is 10.1 Å². The first kappa shape index (κ1) is 16.4. The fraction of sp³-hybridized carbons (Fsp3) is 0.235. The van der Waals surface area contributed by atoms with Gasteiger partial charge in [-0.05, 0) is 23.6 Å². The maximum absolute atomic E-state index is 14.5. The van der Waals surface area contributed by atoms with E-state index >= 15 is 0 Å².